The largest absolute Gasteiger partial charge is 0.332 e. The quantitative estimate of drug-likeness (QED) is 0.846. The maximum atomic E-state index is 12.6. The van der Waals surface area contributed by atoms with Gasteiger partial charge in [-0.25, -0.2) is 13.4 Å². The van der Waals surface area contributed by atoms with E-state index in [1.54, 1.807) is 4.31 Å². The molecule has 2 unspecified atom stereocenters. The van der Waals surface area contributed by atoms with Crippen LogP contribution in [0.5, 0.6) is 0 Å². The van der Waals surface area contributed by atoms with Gasteiger partial charge in [0.25, 0.3) is 10.0 Å². The van der Waals surface area contributed by atoms with E-state index in [0.717, 1.165) is 12.8 Å². The summed E-state index contributed by atoms with van der Waals surface area (Å²) in [6.07, 6.45) is 5.28. The van der Waals surface area contributed by atoms with E-state index in [1.807, 2.05) is 6.92 Å². The Balaban J connectivity index is 1.83. The zero-order valence-electron chi connectivity index (χ0n) is 11.1. The molecule has 3 rings (SSSR count). The van der Waals surface area contributed by atoms with E-state index in [2.05, 4.69) is 15.3 Å². The van der Waals surface area contributed by atoms with Gasteiger partial charge in [-0.1, -0.05) is 6.92 Å². The van der Waals surface area contributed by atoms with Crippen molar-refractivity contribution >= 4 is 10.0 Å². The number of hydrogen-bond acceptors (Lipinski definition) is 4. The first-order valence-electron chi connectivity index (χ1n) is 6.89. The van der Waals surface area contributed by atoms with Crippen LogP contribution in [0.25, 0.3) is 0 Å². The van der Waals surface area contributed by atoms with E-state index >= 15 is 0 Å². The molecule has 2 saturated heterocycles. The van der Waals surface area contributed by atoms with Crippen LogP contribution in [0.4, 0.5) is 0 Å². The smallest absolute Gasteiger partial charge is 0.260 e. The fourth-order valence-electron chi connectivity index (χ4n) is 2.92. The van der Waals surface area contributed by atoms with E-state index in [9.17, 15) is 8.42 Å². The second kappa shape index (κ2) is 4.88. The average molecular weight is 284 g/mol. The van der Waals surface area contributed by atoms with E-state index in [0.29, 0.717) is 37.4 Å². The Morgan fingerprint density at radius 2 is 2.16 bits per heavy atom. The summed E-state index contributed by atoms with van der Waals surface area (Å²) < 4.78 is 26.7. The molecule has 2 N–H and O–H groups in total. The monoisotopic (exact) mass is 284 g/mol. The number of rotatable bonds is 3. The van der Waals surface area contributed by atoms with Gasteiger partial charge in [0.1, 0.15) is 5.82 Å². The van der Waals surface area contributed by atoms with Gasteiger partial charge < -0.3 is 10.3 Å². The predicted molar refractivity (Wildman–Crippen MR) is 71.3 cm³/mol. The summed E-state index contributed by atoms with van der Waals surface area (Å²) in [5, 5.41) is 3.71. The summed E-state index contributed by atoms with van der Waals surface area (Å²) >= 11 is 0. The van der Waals surface area contributed by atoms with Crippen LogP contribution in [0.3, 0.4) is 0 Å². The molecular formula is C12H20N4O2S. The van der Waals surface area contributed by atoms with Crippen LogP contribution in [0.1, 0.15) is 32.0 Å². The SMILES string of the molecule is CCc1ncc(S(=O)(=O)N2CCC3CCC(C2)N3)[nH]1. The van der Waals surface area contributed by atoms with E-state index in [-0.39, 0.29) is 5.03 Å². The average Bonchev–Trinajstić information content (AvgIpc) is 2.95. The molecule has 19 heavy (non-hydrogen) atoms. The van der Waals surface area contributed by atoms with Crippen molar-refractivity contribution in [1.82, 2.24) is 19.6 Å². The maximum Gasteiger partial charge on any atom is 0.260 e. The number of aromatic nitrogens is 2. The van der Waals surface area contributed by atoms with Crippen molar-refractivity contribution < 1.29 is 8.42 Å². The summed E-state index contributed by atoms with van der Waals surface area (Å²) in [5.41, 5.74) is 0. The predicted octanol–water partition coefficient (Wildman–Crippen LogP) is 0.487. The number of aromatic amines is 1. The molecule has 0 spiro atoms. The molecule has 0 aromatic carbocycles. The summed E-state index contributed by atoms with van der Waals surface area (Å²) in [5.74, 6) is 0.716. The van der Waals surface area contributed by atoms with Crippen LogP contribution in [0.2, 0.25) is 0 Å². The minimum absolute atomic E-state index is 0.224. The Bertz CT molecular complexity index is 554. The van der Waals surface area contributed by atoms with Crippen LogP contribution in [0.15, 0.2) is 11.2 Å². The zero-order chi connectivity index (χ0) is 13.5. The van der Waals surface area contributed by atoms with E-state index in [1.165, 1.54) is 12.6 Å². The van der Waals surface area contributed by atoms with Crippen LogP contribution in [0, 0.1) is 0 Å². The Hall–Kier alpha value is -0.920. The highest BCUT2D eigenvalue weighted by Crippen LogP contribution is 2.24. The summed E-state index contributed by atoms with van der Waals surface area (Å²) in [6.45, 7) is 3.11. The first-order chi connectivity index (χ1) is 9.09. The van der Waals surface area contributed by atoms with Crippen LogP contribution in [-0.4, -0.2) is 47.9 Å². The van der Waals surface area contributed by atoms with Gasteiger partial charge in [0.05, 0.1) is 6.20 Å². The highest BCUT2D eigenvalue weighted by molar-refractivity contribution is 7.89. The molecule has 0 aliphatic carbocycles. The molecule has 2 fully saturated rings. The highest BCUT2D eigenvalue weighted by atomic mass is 32.2. The lowest BCUT2D eigenvalue weighted by Crippen LogP contribution is -2.39. The molecule has 106 valence electrons. The Kier molecular flexibility index (Phi) is 3.36. The molecule has 2 atom stereocenters. The fraction of sp³-hybridized carbons (Fsp3) is 0.750. The number of hydrogen-bond donors (Lipinski definition) is 2. The first kappa shape index (κ1) is 13.1. The van der Waals surface area contributed by atoms with Gasteiger partial charge in [0, 0.05) is 31.6 Å². The standard InChI is InChI=1S/C12H20N4O2S/c1-2-11-13-7-12(15-11)19(17,18)16-6-5-9-3-4-10(8-16)14-9/h7,9-10,14H,2-6,8H2,1H3,(H,13,15). The molecule has 3 heterocycles. The molecule has 0 radical (unpaired) electrons. The van der Waals surface area contributed by atoms with Crippen molar-refractivity contribution in [2.45, 2.75) is 49.7 Å². The third-order valence-corrected chi connectivity index (χ3v) is 5.82. The zero-order valence-corrected chi connectivity index (χ0v) is 11.9. The lowest BCUT2D eigenvalue weighted by atomic mass is 10.1. The normalized spacial score (nSPS) is 28.5. The number of imidazole rings is 1. The minimum Gasteiger partial charge on any atom is -0.332 e. The molecular weight excluding hydrogens is 264 g/mol. The van der Waals surface area contributed by atoms with Gasteiger partial charge in [0.15, 0.2) is 5.03 Å². The summed E-state index contributed by atoms with van der Waals surface area (Å²) in [7, 11) is -3.42. The van der Waals surface area contributed by atoms with Gasteiger partial charge in [-0.05, 0) is 19.3 Å². The van der Waals surface area contributed by atoms with E-state index in [4.69, 9.17) is 0 Å². The first-order valence-corrected chi connectivity index (χ1v) is 8.33. The lowest BCUT2D eigenvalue weighted by molar-refractivity contribution is 0.382. The van der Waals surface area contributed by atoms with Crippen LogP contribution < -0.4 is 5.32 Å². The third kappa shape index (κ3) is 2.42. The lowest BCUT2D eigenvalue weighted by Gasteiger charge is -2.22. The molecule has 2 aliphatic heterocycles. The number of nitrogens with zero attached hydrogens (tertiary/aromatic N) is 2. The number of sulfonamides is 1. The van der Waals surface area contributed by atoms with Crippen molar-refractivity contribution in [1.29, 1.82) is 0 Å². The number of aryl methyl sites for hydroxylation is 1. The van der Waals surface area contributed by atoms with Crippen molar-refractivity contribution in [2.24, 2.45) is 0 Å². The number of fused-ring (bicyclic) bond motifs is 2. The molecule has 0 amide bonds. The third-order valence-electron chi connectivity index (χ3n) is 4.04. The van der Waals surface area contributed by atoms with Crippen LogP contribution >= 0.6 is 0 Å². The number of nitrogens with one attached hydrogen (secondary N) is 2. The fourth-order valence-corrected chi connectivity index (χ4v) is 4.36. The molecule has 6 nitrogen and oxygen atoms in total. The van der Waals surface area contributed by atoms with Crippen molar-refractivity contribution in [2.75, 3.05) is 13.1 Å². The van der Waals surface area contributed by atoms with Gasteiger partial charge >= 0.3 is 0 Å². The summed E-state index contributed by atoms with van der Waals surface area (Å²) in [6, 6.07) is 0.786. The van der Waals surface area contributed by atoms with Gasteiger partial charge in [0.2, 0.25) is 0 Å². The molecule has 0 saturated carbocycles. The molecule has 1 aromatic rings. The van der Waals surface area contributed by atoms with Crippen molar-refractivity contribution in [3.8, 4) is 0 Å². The molecule has 1 aromatic heterocycles. The van der Waals surface area contributed by atoms with Crippen LogP contribution in [-0.2, 0) is 16.4 Å². The second-order valence-electron chi connectivity index (χ2n) is 5.34. The Morgan fingerprint density at radius 3 is 2.89 bits per heavy atom. The van der Waals surface area contributed by atoms with Gasteiger partial charge in [-0.2, -0.15) is 4.31 Å². The molecule has 2 bridgehead atoms. The topological polar surface area (TPSA) is 78.1 Å². The Morgan fingerprint density at radius 1 is 1.37 bits per heavy atom. The second-order valence-corrected chi connectivity index (χ2v) is 7.24. The minimum atomic E-state index is -3.42. The molecule has 2 aliphatic rings. The van der Waals surface area contributed by atoms with E-state index < -0.39 is 10.0 Å². The van der Waals surface area contributed by atoms with Crippen molar-refractivity contribution in [3.05, 3.63) is 12.0 Å². The highest BCUT2D eigenvalue weighted by Gasteiger charge is 2.35. The molecule has 7 heteroatoms. The van der Waals surface area contributed by atoms with Gasteiger partial charge in [-0.3, -0.25) is 0 Å². The Labute approximate surface area is 113 Å². The van der Waals surface area contributed by atoms with Gasteiger partial charge in [-0.15, -0.1) is 0 Å². The number of H-pyrrole nitrogens is 1. The maximum absolute atomic E-state index is 12.6. The summed E-state index contributed by atoms with van der Waals surface area (Å²) in [4.78, 5) is 6.99. The van der Waals surface area contributed by atoms with Crippen molar-refractivity contribution in [3.63, 3.8) is 0 Å².